The van der Waals surface area contributed by atoms with Crippen molar-refractivity contribution < 1.29 is 23.8 Å². The van der Waals surface area contributed by atoms with Crippen LogP contribution in [0.25, 0.3) is 5.70 Å². The van der Waals surface area contributed by atoms with E-state index in [1.807, 2.05) is 30.3 Å². The number of carbonyl (C=O) groups is 2. The van der Waals surface area contributed by atoms with Crippen molar-refractivity contribution in [3.63, 3.8) is 0 Å². The summed E-state index contributed by atoms with van der Waals surface area (Å²) in [5.41, 5.74) is 7.59. The summed E-state index contributed by atoms with van der Waals surface area (Å²) in [7, 11) is 3.04. The molecule has 0 unspecified atom stereocenters. The second-order valence-corrected chi connectivity index (χ2v) is 8.14. The van der Waals surface area contributed by atoms with Crippen LogP contribution in [0.2, 0.25) is 0 Å². The lowest BCUT2D eigenvalue weighted by atomic mass is 9.80. The van der Waals surface area contributed by atoms with Gasteiger partial charge in [-0.3, -0.25) is 4.79 Å². The minimum atomic E-state index is -0.846. The van der Waals surface area contributed by atoms with Gasteiger partial charge in [-0.1, -0.05) is 42.1 Å². The number of allylic oxidation sites excluding steroid dienone is 1. The first-order valence-corrected chi connectivity index (χ1v) is 11.4. The molecule has 34 heavy (non-hydrogen) atoms. The lowest BCUT2D eigenvalue weighted by Gasteiger charge is -2.31. The Morgan fingerprint density at radius 3 is 2.47 bits per heavy atom. The van der Waals surface area contributed by atoms with E-state index in [0.717, 1.165) is 11.8 Å². The molecule has 8 nitrogen and oxygen atoms in total. The molecule has 2 aromatic rings. The molecule has 0 saturated heterocycles. The number of nitrogens with one attached hydrogen (secondary N) is 1. The number of rotatable bonds is 9. The molecule has 1 aliphatic rings. The van der Waals surface area contributed by atoms with Crippen LogP contribution in [-0.2, 0) is 14.3 Å². The van der Waals surface area contributed by atoms with Crippen molar-refractivity contribution in [2.24, 2.45) is 5.73 Å². The highest BCUT2D eigenvalue weighted by Gasteiger charge is 2.39. The number of nitrogens with zero attached hydrogens (tertiary/aromatic N) is 1. The number of dihydropyridines is 1. The zero-order valence-electron chi connectivity index (χ0n) is 19.1. The van der Waals surface area contributed by atoms with Gasteiger partial charge in [0.25, 0.3) is 0 Å². The summed E-state index contributed by atoms with van der Waals surface area (Å²) in [6.45, 7) is 1.87. The summed E-state index contributed by atoms with van der Waals surface area (Å²) in [5, 5.41) is 13.8. The van der Waals surface area contributed by atoms with E-state index in [9.17, 15) is 14.9 Å². The van der Waals surface area contributed by atoms with Crippen LogP contribution >= 0.6 is 11.8 Å². The Kier molecular flexibility index (Phi) is 8.22. The molecule has 0 radical (unpaired) electrons. The van der Waals surface area contributed by atoms with Crippen LogP contribution < -0.4 is 20.5 Å². The molecule has 0 aromatic heterocycles. The minimum absolute atomic E-state index is 0.0493. The maximum atomic E-state index is 13.3. The summed E-state index contributed by atoms with van der Waals surface area (Å²) >= 11 is 1.10. The SMILES string of the molecule is CCOC(=O)C1=C(c2ccccc2)NC(SCC(N)=O)=C(C#N)[C@H]1c1cc(OC)ccc1OC. The second-order valence-electron chi connectivity index (χ2n) is 7.15. The van der Waals surface area contributed by atoms with Gasteiger partial charge in [-0.05, 0) is 30.7 Å². The lowest BCUT2D eigenvalue weighted by molar-refractivity contribution is -0.138. The number of ether oxygens (including phenoxy) is 3. The normalized spacial score (nSPS) is 15.3. The Morgan fingerprint density at radius 1 is 1.15 bits per heavy atom. The molecular formula is C25H25N3O5S. The zero-order chi connectivity index (χ0) is 24.7. The topological polar surface area (TPSA) is 124 Å². The summed E-state index contributed by atoms with van der Waals surface area (Å²) in [6.07, 6.45) is 0. The number of primary amides is 1. The van der Waals surface area contributed by atoms with E-state index in [0.29, 0.717) is 33.4 Å². The third-order valence-electron chi connectivity index (χ3n) is 5.11. The van der Waals surface area contributed by atoms with Crippen LogP contribution in [0.15, 0.2) is 64.7 Å². The Hall–Kier alpha value is -3.90. The number of benzene rings is 2. The highest BCUT2D eigenvalue weighted by molar-refractivity contribution is 8.03. The molecule has 2 aromatic carbocycles. The average molecular weight is 480 g/mol. The predicted molar refractivity (Wildman–Crippen MR) is 130 cm³/mol. The third-order valence-corrected chi connectivity index (χ3v) is 6.15. The molecule has 1 aliphatic heterocycles. The first-order chi connectivity index (χ1) is 16.4. The maximum Gasteiger partial charge on any atom is 0.337 e. The summed E-state index contributed by atoms with van der Waals surface area (Å²) in [4.78, 5) is 24.9. The van der Waals surface area contributed by atoms with Crippen molar-refractivity contribution in [1.82, 2.24) is 5.32 Å². The van der Waals surface area contributed by atoms with E-state index in [-0.39, 0.29) is 23.5 Å². The Morgan fingerprint density at radius 2 is 1.88 bits per heavy atom. The van der Waals surface area contributed by atoms with Gasteiger partial charge in [-0.25, -0.2) is 4.79 Å². The number of nitriles is 1. The molecule has 0 fully saturated rings. The van der Waals surface area contributed by atoms with Crippen molar-refractivity contribution >= 4 is 29.3 Å². The average Bonchev–Trinajstić information content (AvgIpc) is 2.86. The number of methoxy groups -OCH3 is 2. The van der Waals surface area contributed by atoms with Crippen molar-refractivity contribution in [3.8, 4) is 17.6 Å². The maximum absolute atomic E-state index is 13.3. The fraction of sp³-hybridized carbons (Fsp3) is 0.240. The molecule has 0 bridgehead atoms. The van der Waals surface area contributed by atoms with Crippen molar-refractivity contribution in [2.45, 2.75) is 12.8 Å². The van der Waals surface area contributed by atoms with Gasteiger partial charge in [0.1, 0.15) is 11.5 Å². The van der Waals surface area contributed by atoms with Crippen LogP contribution in [0, 0.1) is 11.3 Å². The number of esters is 1. The molecule has 176 valence electrons. The number of carbonyl (C=O) groups excluding carboxylic acids is 2. The largest absolute Gasteiger partial charge is 0.497 e. The van der Waals surface area contributed by atoms with Crippen LogP contribution in [0.4, 0.5) is 0 Å². The molecule has 0 aliphatic carbocycles. The van der Waals surface area contributed by atoms with Gasteiger partial charge in [0.15, 0.2) is 0 Å². The van der Waals surface area contributed by atoms with Gasteiger partial charge >= 0.3 is 5.97 Å². The molecule has 9 heteroatoms. The highest BCUT2D eigenvalue weighted by atomic mass is 32.2. The third kappa shape index (κ3) is 5.18. The molecule has 3 N–H and O–H groups in total. The standard InChI is InChI=1S/C25H25N3O5S/c1-4-33-25(30)22-21(17-12-16(31-2)10-11-19(17)32-3)18(13-26)24(34-14-20(27)29)28-23(22)15-8-6-5-7-9-15/h5-12,21,28H,4,14H2,1-3H3,(H2,27,29)/t21-/m1/s1. The van der Waals surface area contributed by atoms with Gasteiger partial charge in [0.05, 0.1) is 60.4 Å². The van der Waals surface area contributed by atoms with Crippen LogP contribution in [0.1, 0.15) is 24.0 Å². The van der Waals surface area contributed by atoms with E-state index >= 15 is 0 Å². The fourth-order valence-corrected chi connectivity index (χ4v) is 4.46. The zero-order valence-corrected chi connectivity index (χ0v) is 19.9. The Bertz CT molecular complexity index is 1180. The quantitative estimate of drug-likeness (QED) is 0.525. The summed E-state index contributed by atoms with van der Waals surface area (Å²) in [6, 6.07) is 16.6. The summed E-state index contributed by atoms with van der Waals surface area (Å²) < 4.78 is 16.4. The van der Waals surface area contributed by atoms with E-state index in [1.165, 1.54) is 14.2 Å². The van der Waals surface area contributed by atoms with Gasteiger partial charge in [0.2, 0.25) is 5.91 Å². The first-order valence-electron chi connectivity index (χ1n) is 10.5. The monoisotopic (exact) mass is 479 g/mol. The number of hydrogen-bond acceptors (Lipinski definition) is 8. The van der Waals surface area contributed by atoms with Crippen molar-refractivity contribution in [2.75, 3.05) is 26.6 Å². The van der Waals surface area contributed by atoms with Gasteiger partial charge in [-0.15, -0.1) is 0 Å². The van der Waals surface area contributed by atoms with E-state index in [1.54, 1.807) is 25.1 Å². The minimum Gasteiger partial charge on any atom is -0.497 e. The number of thioether (sulfide) groups is 1. The van der Waals surface area contributed by atoms with Crippen LogP contribution in [0.5, 0.6) is 11.5 Å². The van der Waals surface area contributed by atoms with Crippen LogP contribution in [-0.4, -0.2) is 38.5 Å². The van der Waals surface area contributed by atoms with Crippen molar-refractivity contribution in [3.05, 3.63) is 75.8 Å². The molecular weight excluding hydrogens is 454 g/mol. The predicted octanol–water partition coefficient (Wildman–Crippen LogP) is 3.32. The Balaban J connectivity index is 2.36. The highest BCUT2D eigenvalue weighted by Crippen LogP contribution is 2.46. The van der Waals surface area contributed by atoms with Gasteiger partial charge in [0, 0.05) is 5.56 Å². The van der Waals surface area contributed by atoms with E-state index < -0.39 is 17.8 Å². The number of amides is 1. The van der Waals surface area contributed by atoms with E-state index in [2.05, 4.69) is 11.4 Å². The van der Waals surface area contributed by atoms with Crippen molar-refractivity contribution in [1.29, 1.82) is 5.26 Å². The number of hydrogen-bond donors (Lipinski definition) is 2. The smallest absolute Gasteiger partial charge is 0.337 e. The number of nitrogens with two attached hydrogens (primary N) is 1. The molecule has 1 amide bonds. The van der Waals surface area contributed by atoms with Gasteiger partial charge in [-0.2, -0.15) is 5.26 Å². The molecule has 1 atom stereocenters. The fourth-order valence-electron chi connectivity index (χ4n) is 3.68. The molecule has 0 spiro atoms. The lowest BCUT2D eigenvalue weighted by Crippen LogP contribution is -2.30. The van der Waals surface area contributed by atoms with Gasteiger partial charge < -0.3 is 25.3 Å². The second kappa shape index (κ2) is 11.3. The summed E-state index contributed by atoms with van der Waals surface area (Å²) in [5.74, 6) is -1.01. The Labute approximate surface area is 202 Å². The first kappa shape index (κ1) is 24.7. The molecule has 3 rings (SSSR count). The molecule has 0 saturated carbocycles. The van der Waals surface area contributed by atoms with E-state index in [4.69, 9.17) is 19.9 Å². The van der Waals surface area contributed by atoms with Crippen LogP contribution in [0.3, 0.4) is 0 Å². The molecule has 1 heterocycles.